The molecule has 1 amide bonds. The average Bonchev–Trinajstić information content (AvgIpc) is 2.88. The predicted octanol–water partition coefficient (Wildman–Crippen LogP) is 1.83. The number of rotatable bonds is 6. The van der Waals surface area contributed by atoms with E-state index >= 15 is 0 Å². The Morgan fingerprint density at radius 2 is 2.14 bits per heavy atom. The predicted molar refractivity (Wildman–Crippen MR) is 82.5 cm³/mol. The molecule has 2 rings (SSSR count). The number of H-pyrrole nitrogens is 1. The van der Waals surface area contributed by atoms with Crippen LogP contribution in [0, 0.1) is 13.8 Å². The Balaban J connectivity index is 1.86. The van der Waals surface area contributed by atoms with Crippen LogP contribution in [0.3, 0.4) is 0 Å². The quantitative estimate of drug-likeness (QED) is 0.708. The Bertz CT molecular complexity index is 620. The molecular weight excluding hydrogens is 266 g/mol. The minimum absolute atomic E-state index is 0.101. The molecule has 0 aliphatic heterocycles. The molecule has 0 unspecified atom stereocenters. The first-order chi connectivity index (χ1) is 10.1. The SMILES string of the molecule is CNc1cc(C)ncc1C(=O)NCCCc1cn[nH]c1C. The first kappa shape index (κ1) is 15.0. The van der Waals surface area contributed by atoms with Crippen LogP contribution in [0.2, 0.25) is 0 Å². The molecule has 3 N–H and O–H groups in total. The normalized spacial score (nSPS) is 10.4. The topological polar surface area (TPSA) is 82.7 Å². The van der Waals surface area contributed by atoms with Crippen LogP contribution in [-0.2, 0) is 6.42 Å². The van der Waals surface area contributed by atoms with Gasteiger partial charge in [-0.25, -0.2) is 0 Å². The fourth-order valence-corrected chi connectivity index (χ4v) is 2.15. The zero-order valence-corrected chi connectivity index (χ0v) is 12.7. The average molecular weight is 287 g/mol. The van der Waals surface area contributed by atoms with Crippen LogP contribution in [0.1, 0.15) is 33.7 Å². The summed E-state index contributed by atoms with van der Waals surface area (Å²) < 4.78 is 0. The van der Waals surface area contributed by atoms with Crippen LogP contribution in [0.4, 0.5) is 5.69 Å². The number of pyridine rings is 1. The number of carbonyl (C=O) groups excluding carboxylic acids is 1. The van der Waals surface area contributed by atoms with Gasteiger partial charge in [0.2, 0.25) is 0 Å². The summed E-state index contributed by atoms with van der Waals surface area (Å²) in [6, 6.07) is 1.86. The van der Waals surface area contributed by atoms with Gasteiger partial charge < -0.3 is 10.6 Å². The Morgan fingerprint density at radius 1 is 1.33 bits per heavy atom. The number of aromatic nitrogens is 3. The number of aromatic amines is 1. The summed E-state index contributed by atoms with van der Waals surface area (Å²) in [5, 5.41) is 12.8. The lowest BCUT2D eigenvalue weighted by molar-refractivity contribution is 0.0953. The molecule has 0 fully saturated rings. The van der Waals surface area contributed by atoms with Crippen molar-refractivity contribution < 1.29 is 4.79 Å². The molecule has 0 atom stereocenters. The van der Waals surface area contributed by atoms with Crippen molar-refractivity contribution in [2.45, 2.75) is 26.7 Å². The van der Waals surface area contributed by atoms with E-state index in [4.69, 9.17) is 0 Å². The Morgan fingerprint density at radius 3 is 2.81 bits per heavy atom. The van der Waals surface area contributed by atoms with E-state index in [-0.39, 0.29) is 5.91 Å². The molecule has 21 heavy (non-hydrogen) atoms. The third-order valence-corrected chi connectivity index (χ3v) is 3.40. The third kappa shape index (κ3) is 3.81. The first-order valence-corrected chi connectivity index (χ1v) is 7.03. The molecule has 6 heteroatoms. The summed E-state index contributed by atoms with van der Waals surface area (Å²) in [5.41, 5.74) is 4.53. The largest absolute Gasteiger partial charge is 0.387 e. The summed E-state index contributed by atoms with van der Waals surface area (Å²) >= 11 is 0. The van der Waals surface area contributed by atoms with Crippen molar-refractivity contribution in [2.75, 3.05) is 18.9 Å². The summed E-state index contributed by atoms with van der Waals surface area (Å²) in [6.45, 7) is 4.52. The van der Waals surface area contributed by atoms with Crippen molar-refractivity contribution in [2.24, 2.45) is 0 Å². The molecule has 0 saturated carbocycles. The van der Waals surface area contributed by atoms with Crippen LogP contribution >= 0.6 is 0 Å². The van der Waals surface area contributed by atoms with E-state index in [1.165, 1.54) is 5.56 Å². The Hall–Kier alpha value is -2.37. The standard InChI is InChI=1S/C15H21N5O/c1-10-7-14(16-3)13(9-18-10)15(21)17-6-4-5-12-8-19-20-11(12)2/h7-9H,4-6H2,1-3H3,(H,16,18)(H,17,21)(H,19,20). The molecule has 2 aromatic heterocycles. The van der Waals surface area contributed by atoms with Gasteiger partial charge in [-0.1, -0.05) is 0 Å². The maximum atomic E-state index is 12.2. The minimum Gasteiger partial charge on any atom is -0.387 e. The second-order valence-corrected chi connectivity index (χ2v) is 5.00. The van der Waals surface area contributed by atoms with E-state index in [1.54, 1.807) is 13.2 Å². The molecule has 2 aromatic rings. The highest BCUT2D eigenvalue weighted by molar-refractivity contribution is 5.99. The third-order valence-electron chi connectivity index (χ3n) is 3.40. The second-order valence-electron chi connectivity index (χ2n) is 5.00. The van der Waals surface area contributed by atoms with Crippen molar-refractivity contribution in [3.05, 3.63) is 41.0 Å². The van der Waals surface area contributed by atoms with Gasteiger partial charge in [0.15, 0.2) is 0 Å². The summed E-state index contributed by atoms with van der Waals surface area (Å²) in [7, 11) is 1.80. The number of hydrogen-bond acceptors (Lipinski definition) is 4. The monoisotopic (exact) mass is 287 g/mol. The smallest absolute Gasteiger partial charge is 0.254 e. The maximum Gasteiger partial charge on any atom is 0.254 e. The van der Waals surface area contributed by atoms with E-state index in [9.17, 15) is 4.79 Å². The van der Waals surface area contributed by atoms with Gasteiger partial charge in [-0.2, -0.15) is 5.10 Å². The molecule has 0 spiro atoms. The van der Waals surface area contributed by atoms with Gasteiger partial charge in [0, 0.05) is 31.2 Å². The number of aryl methyl sites for hydroxylation is 3. The summed E-state index contributed by atoms with van der Waals surface area (Å²) in [5.74, 6) is -0.101. The lowest BCUT2D eigenvalue weighted by Gasteiger charge is -2.10. The molecule has 0 bridgehead atoms. The zero-order chi connectivity index (χ0) is 15.2. The van der Waals surface area contributed by atoms with E-state index in [2.05, 4.69) is 25.8 Å². The molecule has 0 aromatic carbocycles. The van der Waals surface area contributed by atoms with Gasteiger partial charge in [-0.05, 0) is 38.3 Å². The first-order valence-electron chi connectivity index (χ1n) is 7.03. The van der Waals surface area contributed by atoms with Crippen molar-refractivity contribution in [3.63, 3.8) is 0 Å². The van der Waals surface area contributed by atoms with Crippen LogP contribution in [0.5, 0.6) is 0 Å². The Labute approximate surface area is 124 Å². The van der Waals surface area contributed by atoms with Crippen molar-refractivity contribution in [1.82, 2.24) is 20.5 Å². The van der Waals surface area contributed by atoms with Gasteiger partial charge >= 0.3 is 0 Å². The lowest BCUT2D eigenvalue weighted by atomic mass is 10.1. The van der Waals surface area contributed by atoms with Crippen LogP contribution in [0.25, 0.3) is 0 Å². The molecule has 112 valence electrons. The lowest BCUT2D eigenvalue weighted by Crippen LogP contribution is -2.25. The van der Waals surface area contributed by atoms with Gasteiger partial charge in [-0.3, -0.25) is 14.9 Å². The molecule has 2 heterocycles. The fourth-order valence-electron chi connectivity index (χ4n) is 2.15. The number of anilines is 1. The highest BCUT2D eigenvalue weighted by atomic mass is 16.1. The summed E-state index contributed by atoms with van der Waals surface area (Å²) in [6.07, 6.45) is 5.21. The van der Waals surface area contributed by atoms with Gasteiger partial charge in [0.25, 0.3) is 5.91 Å². The molecule has 0 saturated heterocycles. The number of nitrogens with zero attached hydrogens (tertiary/aromatic N) is 2. The molecule has 0 aliphatic carbocycles. The van der Waals surface area contributed by atoms with E-state index in [0.29, 0.717) is 12.1 Å². The Kier molecular flexibility index (Phi) is 4.92. The van der Waals surface area contributed by atoms with Crippen LogP contribution in [0.15, 0.2) is 18.5 Å². The van der Waals surface area contributed by atoms with Crippen molar-refractivity contribution in [3.8, 4) is 0 Å². The molecule has 0 aliphatic rings. The highest BCUT2D eigenvalue weighted by Gasteiger charge is 2.11. The highest BCUT2D eigenvalue weighted by Crippen LogP contribution is 2.14. The summed E-state index contributed by atoms with van der Waals surface area (Å²) in [4.78, 5) is 16.3. The number of nitrogens with one attached hydrogen (secondary N) is 3. The zero-order valence-electron chi connectivity index (χ0n) is 12.7. The molecule has 0 radical (unpaired) electrons. The number of carbonyl (C=O) groups is 1. The van der Waals surface area contributed by atoms with Crippen molar-refractivity contribution in [1.29, 1.82) is 0 Å². The van der Waals surface area contributed by atoms with Crippen LogP contribution in [-0.4, -0.2) is 34.7 Å². The second kappa shape index (κ2) is 6.88. The molecule has 6 nitrogen and oxygen atoms in total. The van der Waals surface area contributed by atoms with Gasteiger partial charge in [-0.15, -0.1) is 0 Å². The van der Waals surface area contributed by atoms with E-state index in [0.717, 1.165) is 29.9 Å². The molecular formula is C15H21N5O. The van der Waals surface area contributed by atoms with Crippen molar-refractivity contribution >= 4 is 11.6 Å². The van der Waals surface area contributed by atoms with Gasteiger partial charge in [0.05, 0.1) is 17.4 Å². The minimum atomic E-state index is -0.101. The van der Waals surface area contributed by atoms with Crippen LogP contribution < -0.4 is 10.6 Å². The fraction of sp³-hybridized carbons (Fsp3) is 0.400. The van der Waals surface area contributed by atoms with E-state index < -0.39 is 0 Å². The number of amides is 1. The van der Waals surface area contributed by atoms with Gasteiger partial charge in [0.1, 0.15) is 0 Å². The van der Waals surface area contributed by atoms with E-state index in [1.807, 2.05) is 26.1 Å². The number of hydrogen-bond donors (Lipinski definition) is 3. The maximum absolute atomic E-state index is 12.2.